The van der Waals surface area contributed by atoms with Crippen LogP contribution < -0.4 is 0 Å². The zero-order valence-electron chi connectivity index (χ0n) is 7.89. The highest BCUT2D eigenvalue weighted by Gasteiger charge is 2.48. The minimum absolute atomic E-state index is 0.326. The third kappa shape index (κ3) is 0.788. The zero-order chi connectivity index (χ0) is 9.12. The molecule has 4 aliphatic rings. The van der Waals surface area contributed by atoms with E-state index in [4.69, 9.17) is 4.74 Å². The summed E-state index contributed by atoms with van der Waals surface area (Å²) in [5, 5.41) is 0. The molecule has 1 fully saturated rings. The van der Waals surface area contributed by atoms with E-state index in [0.717, 1.165) is 0 Å². The fourth-order valence-electron chi connectivity index (χ4n) is 3.01. The molecule has 0 amide bonds. The first kappa shape index (κ1) is 7.24. The van der Waals surface area contributed by atoms with Crippen molar-refractivity contribution in [2.24, 2.45) is 11.8 Å². The first-order valence-corrected chi connectivity index (χ1v) is 5.34. The van der Waals surface area contributed by atoms with Crippen molar-refractivity contribution in [3.63, 3.8) is 0 Å². The van der Waals surface area contributed by atoms with Crippen molar-refractivity contribution < 1.29 is 4.74 Å². The van der Waals surface area contributed by atoms with Gasteiger partial charge in [-0.15, -0.1) is 0 Å². The first-order valence-electron chi connectivity index (χ1n) is 5.34. The molecule has 14 heavy (non-hydrogen) atoms. The van der Waals surface area contributed by atoms with Gasteiger partial charge in [0, 0.05) is 11.8 Å². The topological polar surface area (TPSA) is 9.23 Å². The second-order valence-corrected chi connectivity index (χ2v) is 4.52. The van der Waals surface area contributed by atoms with E-state index in [0.29, 0.717) is 24.0 Å². The van der Waals surface area contributed by atoms with Crippen LogP contribution in [0.3, 0.4) is 0 Å². The number of ether oxygens (including phenoxy) is 1. The molecule has 4 unspecified atom stereocenters. The van der Waals surface area contributed by atoms with Crippen molar-refractivity contribution in [2.45, 2.75) is 18.6 Å². The van der Waals surface area contributed by atoms with Gasteiger partial charge in [-0.3, -0.25) is 0 Å². The van der Waals surface area contributed by atoms with E-state index in [2.05, 4.69) is 36.5 Å². The maximum Gasteiger partial charge on any atom is 0.0839 e. The summed E-state index contributed by atoms with van der Waals surface area (Å²) in [7, 11) is 0. The van der Waals surface area contributed by atoms with Crippen molar-refractivity contribution in [1.82, 2.24) is 0 Å². The van der Waals surface area contributed by atoms with E-state index in [1.54, 1.807) is 11.1 Å². The minimum Gasteiger partial charge on any atom is -0.366 e. The van der Waals surface area contributed by atoms with Crippen LogP contribution in [0.25, 0.3) is 0 Å². The molecule has 0 aromatic heterocycles. The van der Waals surface area contributed by atoms with Gasteiger partial charge in [-0.25, -0.2) is 0 Å². The van der Waals surface area contributed by atoms with Crippen LogP contribution in [-0.4, -0.2) is 12.2 Å². The summed E-state index contributed by atoms with van der Waals surface area (Å²) in [4.78, 5) is 0. The molecule has 4 rings (SSSR count). The Balaban J connectivity index is 1.78. The molecular formula is C13H12O. The Morgan fingerprint density at radius 1 is 1.07 bits per heavy atom. The lowest BCUT2D eigenvalue weighted by atomic mass is 9.82. The van der Waals surface area contributed by atoms with Gasteiger partial charge in [0.05, 0.1) is 12.2 Å². The molecule has 1 heterocycles. The summed E-state index contributed by atoms with van der Waals surface area (Å²) >= 11 is 0. The van der Waals surface area contributed by atoms with E-state index in [9.17, 15) is 0 Å². The van der Waals surface area contributed by atoms with Crippen LogP contribution in [0.15, 0.2) is 47.6 Å². The molecular weight excluding hydrogens is 172 g/mol. The molecule has 0 spiro atoms. The van der Waals surface area contributed by atoms with Gasteiger partial charge in [0.1, 0.15) is 0 Å². The van der Waals surface area contributed by atoms with E-state index in [1.807, 2.05) is 0 Å². The lowest BCUT2D eigenvalue weighted by molar-refractivity contribution is 0.0881. The Bertz CT molecular complexity index is 411. The SMILES string of the molecule is C1=CC2OC3C=CC4=C(C4)C3C2C=C1. The summed E-state index contributed by atoms with van der Waals surface area (Å²) < 4.78 is 6.01. The number of rotatable bonds is 0. The maximum atomic E-state index is 6.01. The van der Waals surface area contributed by atoms with Gasteiger partial charge in [0.2, 0.25) is 0 Å². The van der Waals surface area contributed by atoms with Crippen LogP contribution in [-0.2, 0) is 4.74 Å². The van der Waals surface area contributed by atoms with E-state index in [-0.39, 0.29) is 0 Å². The highest BCUT2D eigenvalue weighted by molar-refractivity contribution is 5.51. The molecule has 0 radical (unpaired) electrons. The molecule has 1 aliphatic heterocycles. The van der Waals surface area contributed by atoms with Gasteiger partial charge in [-0.05, 0) is 12.0 Å². The highest BCUT2D eigenvalue weighted by Crippen LogP contribution is 2.52. The summed E-state index contributed by atoms with van der Waals surface area (Å²) in [5.74, 6) is 1.25. The van der Waals surface area contributed by atoms with Crippen LogP contribution in [0.1, 0.15) is 6.42 Å². The van der Waals surface area contributed by atoms with Crippen LogP contribution in [0.2, 0.25) is 0 Å². The molecule has 0 aromatic carbocycles. The van der Waals surface area contributed by atoms with E-state index in [1.165, 1.54) is 6.42 Å². The quantitative estimate of drug-likeness (QED) is 0.561. The first-order chi connectivity index (χ1) is 6.93. The van der Waals surface area contributed by atoms with Gasteiger partial charge < -0.3 is 4.74 Å². The molecule has 1 saturated heterocycles. The Morgan fingerprint density at radius 3 is 3.00 bits per heavy atom. The number of allylic oxidation sites excluding steroid dienone is 4. The highest BCUT2D eigenvalue weighted by atomic mass is 16.5. The number of hydrogen-bond acceptors (Lipinski definition) is 1. The second-order valence-electron chi connectivity index (χ2n) is 4.52. The summed E-state index contributed by atoms with van der Waals surface area (Å²) in [5.41, 5.74) is 3.23. The molecule has 0 bridgehead atoms. The molecule has 70 valence electrons. The lowest BCUT2D eigenvalue weighted by Crippen LogP contribution is -2.19. The Hall–Kier alpha value is -1.08. The van der Waals surface area contributed by atoms with Crippen molar-refractivity contribution in [1.29, 1.82) is 0 Å². The average Bonchev–Trinajstić information content (AvgIpc) is 2.91. The fourth-order valence-corrected chi connectivity index (χ4v) is 3.01. The van der Waals surface area contributed by atoms with Gasteiger partial charge >= 0.3 is 0 Å². The van der Waals surface area contributed by atoms with Crippen LogP contribution in [0, 0.1) is 11.8 Å². The Kier molecular flexibility index (Phi) is 1.18. The molecule has 1 nitrogen and oxygen atoms in total. The predicted molar refractivity (Wildman–Crippen MR) is 54.7 cm³/mol. The molecule has 3 aliphatic carbocycles. The summed E-state index contributed by atoms with van der Waals surface area (Å²) in [6, 6.07) is 0. The summed E-state index contributed by atoms with van der Waals surface area (Å²) in [6.07, 6.45) is 15.2. The number of hydrogen-bond donors (Lipinski definition) is 0. The van der Waals surface area contributed by atoms with Crippen molar-refractivity contribution in [2.75, 3.05) is 0 Å². The Morgan fingerprint density at radius 2 is 2.00 bits per heavy atom. The van der Waals surface area contributed by atoms with Crippen LogP contribution >= 0.6 is 0 Å². The van der Waals surface area contributed by atoms with E-state index < -0.39 is 0 Å². The molecule has 0 saturated carbocycles. The zero-order valence-corrected chi connectivity index (χ0v) is 7.89. The van der Waals surface area contributed by atoms with Crippen molar-refractivity contribution in [3.05, 3.63) is 47.6 Å². The Labute approximate surface area is 83.5 Å². The van der Waals surface area contributed by atoms with Gasteiger partial charge in [-0.2, -0.15) is 0 Å². The smallest absolute Gasteiger partial charge is 0.0839 e. The second kappa shape index (κ2) is 2.29. The van der Waals surface area contributed by atoms with E-state index >= 15 is 0 Å². The standard InChI is InChI=1S/C13H12O/c1-2-4-11-9(3-1)13-10-7-8(10)5-6-12(13)14-11/h1-6,9,11-13H,7H2. The normalized spacial score (nSPS) is 46.3. The summed E-state index contributed by atoms with van der Waals surface area (Å²) in [6.45, 7) is 0. The monoisotopic (exact) mass is 184 g/mol. The van der Waals surface area contributed by atoms with Crippen molar-refractivity contribution >= 4 is 0 Å². The predicted octanol–water partition coefficient (Wildman–Crippen LogP) is 2.38. The third-order valence-electron chi connectivity index (χ3n) is 3.77. The molecule has 4 atom stereocenters. The average molecular weight is 184 g/mol. The largest absolute Gasteiger partial charge is 0.366 e. The van der Waals surface area contributed by atoms with Crippen LogP contribution in [0.4, 0.5) is 0 Å². The molecule has 0 N–H and O–H groups in total. The minimum atomic E-state index is 0.326. The van der Waals surface area contributed by atoms with Crippen LogP contribution in [0.5, 0.6) is 0 Å². The lowest BCUT2D eigenvalue weighted by Gasteiger charge is -2.19. The van der Waals surface area contributed by atoms with Gasteiger partial charge in [0.15, 0.2) is 0 Å². The van der Waals surface area contributed by atoms with Gasteiger partial charge in [-0.1, -0.05) is 42.0 Å². The number of fused-ring (bicyclic) bond motifs is 4. The fraction of sp³-hybridized carbons (Fsp3) is 0.385. The third-order valence-corrected chi connectivity index (χ3v) is 3.77. The van der Waals surface area contributed by atoms with Crippen molar-refractivity contribution in [3.8, 4) is 0 Å². The molecule has 0 aromatic rings. The molecule has 1 heteroatoms. The maximum absolute atomic E-state index is 6.01. The van der Waals surface area contributed by atoms with Gasteiger partial charge in [0.25, 0.3) is 0 Å².